The molecule has 1 aromatic carbocycles. The highest BCUT2D eigenvalue weighted by molar-refractivity contribution is 6.89. The van der Waals surface area contributed by atoms with Gasteiger partial charge in [0.05, 0.1) is 8.07 Å². The Morgan fingerprint density at radius 3 is 2.04 bits per heavy atom. The summed E-state index contributed by atoms with van der Waals surface area (Å²) in [5.74, 6) is 0. The highest BCUT2D eigenvalue weighted by atomic mass is 28.3. The van der Waals surface area contributed by atoms with Crippen molar-refractivity contribution in [3.05, 3.63) is 47.2 Å². The Hall–Kier alpha value is -1.41. The van der Waals surface area contributed by atoms with Crippen molar-refractivity contribution in [3.8, 4) is 11.3 Å². The van der Waals surface area contributed by atoms with Gasteiger partial charge in [-0.1, -0.05) is 58.1 Å². The van der Waals surface area contributed by atoms with Crippen LogP contribution in [0.4, 0.5) is 0 Å². The van der Waals surface area contributed by atoms with E-state index in [9.17, 15) is 0 Å². The van der Waals surface area contributed by atoms with E-state index in [0.29, 0.717) is 0 Å². The lowest BCUT2D eigenvalue weighted by Gasteiger charge is -2.28. The summed E-state index contributed by atoms with van der Waals surface area (Å²) in [5.41, 5.74) is 7.02. The van der Waals surface area contributed by atoms with Crippen molar-refractivity contribution < 1.29 is 4.57 Å². The number of hydrogen-bond donors (Lipinski definition) is 0. The molecule has 0 radical (unpaired) electrons. The van der Waals surface area contributed by atoms with Crippen molar-refractivity contribution in [1.82, 2.24) is 0 Å². The fourth-order valence-corrected chi connectivity index (χ4v) is 5.05. The molecule has 0 spiro atoms. The van der Waals surface area contributed by atoms with Gasteiger partial charge in [-0.3, -0.25) is 0 Å². The molecule has 1 aromatic heterocycles. The summed E-state index contributed by atoms with van der Waals surface area (Å²) in [5, 5.41) is 1.58. The van der Waals surface area contributed by atoms with Crippen molar-refractivity contribution in [2.75, 3.05) is 0 Å². The van der Waals surface area contributed by atoms with Crippen LogP contribution < -0.4 is 9.75 Å². The molecule has 0 amide bonds. The maximum atomic E-state index is 2.46. The topological polar surface area (TPSA) is 3.88 Å². The smallest absolute Gasteiger partial charge is 0.201 e. The molecule has 0 aliphatic heterocycles. The Morgan fingerprint density at radius 2 is 1.57 bits per heavy atom. The Labute approximate surface area is 143 Å². The first-order valence-corrected chi connectivity index (χ1v) is 12.0. The average Bonchev–Trinajstić information content (AvgIpc) is 2.36. The van der Waals surface area contributed by atoms with Crippen LogP contribution in [0, 0.1) is 13.8 Å². The standard InChI is InChI=1S/C21H32NSi/c1-15-10-11-17(16(2)12-15)19-13-20(23(7,8)9)18(14-22(19)6)21(3,4)5/h10-14H,1-9H3/q+1. The van der Waals surface area contributed by atoms with Crippen LogP contribution in [0.1, 0.15) is 37.5 Å². The second kappa shape index (κ2) is 5.90. The lowest BCUT2D eigenvalue weighted by Crippen LogP contribution is -2.47. The van der Waals surface area contributed by atoms with Crippen molar-refractivity contribution in [2.45, 2.75) is 59.7 Å². The monoisotopic (exact) mass is 326 g/mol. The second-order valence-corrected chi connectivity index (χ2v) is 14.0. The van der Waals surface area contributed by atoms with Crippen LogP contribution in [-0.4, -0.2) is 8.07 Å². The highest BCUT2D eigenvalue weighted by Gasteiger charge is 2.31. The van der Waals surface area contributed by atoms with Crippen molar-refractivity contribution >= 4 is 13.3 Å². The summed E-state index contributed by atoms with van der Waals surface area (Å²) in [7, 11) is 0.762. The van der Waals surface area contributed by atoms with Crippen LogP contribution in [0.2, 0.25) is 19.6 Å². The molecule has 1 heterocycles. The third-order valence-electron chi connectivity index (χ3n) is 4.55. The zero-order valence-corrected chi connectivity index (χ0v) is 17.3. The molecule has 0 bridgehead atoms. The number of pyridine rings is 1. The van der Waals surface area contributed by atoms with E-state index in [4.69, 9.17) is 0 Å². The Balaban J connectivity index is 2.77. The molecule has 0 aliphatic carbocycles. The molecular formula is C21H32NSi+. The molecule has 0 fully saturated rings. The van der Waals surface area contributed by atoms with Crippen molar-refractivity contribution in [2.24, 2.45) is 7.05 Å². The van der Waals surface area contributed by atoms with Crippen LogP contribution >= 0.6 is 0 Å². The van der Waals surface area contributed by atoms with Gasteiger partial charge in [0.2, 0.25) is 5.69 Å². The number of aryl methyl sites for hydroxylation is 3. The predicted molar refractivity (Wildman–Crippen MR) is 104 cm³/mol. The Kier molecular flexibility index (Phi) is 4.60. The van der Waals surface area contributed by atoms with Gasteiger partial charge in [-0.2, -0.15) is 0 Å². The molecular weight excluding hydrogens is 294 g/mol. The van der Waals surface area contributed by atoms with E-state index in [1.807, 2.05) is 0 Å². The molecule has 0 saturated heterocycles. The normalized spacial score (nSPS) is 12.6. The Bertz CT molecular complexity index is 731. The fourth-order valence-electron chi connectivity index (χ4n) is 3.24. The van der Waals surface area contributed by atoms with Gasteiger partial charge in [0.15, 0.2) is 6.20 Å². The molecule has 0 saturated carbocycles. The zero-order valence-electron chi connectivity index (χ0n) is 16.3. The van der Waals surface area contributed by atoms with Crippen molar-refractivity contribution in [3.63, 3.8) is 0 Å². The summed E-state index contributed by atoms with van der Waals surface area (Å²) in [6.45, 7) is 18.7. The maximum Gasteiger partial charge on any atom is 0.212 e. The number of rotatable bonds is 2. The van der Waals surface area contributed by atoms with E-state index in [1.165, 1.54) is 27.9 Å². The zero-order chi connectivity index (χ0) is 17.6. The van der Waals surface area contributed by atoms with Gasteiger partial charge in [0.25, 0.3) is 0 Å². The number of benzene rings is 1. The third-order valence-corrected chi connectivity index (χ3v) is 6.58. The number of nitrogens with zero attached hydrogens (tertiary/aromatic N) is 1. The summed E-state index contributed by atoms with van der Waals surface area (Å²) >= 11 is 0. The first-order valence-electron chi connectivity index (χ1n) is 8.53. The third kappa shape index (κ3) is 3.74. The van der Waals surface area contributed by atoms with Gasteiger partial charge in [0.1, 0.15) is 7.05 Å². The molecule has 124 valence electrons. The molecule has 2 aromatic rings. The molecule has 2 rings (SSSR count). The summed E-state index contributed by atoms with van der Waals surface area (Å²) in [6, 6.07) is 9.23. The Morgan fingerprint density at radius 1 is 0.957 bits per heavy atom. The number of hydrogen-bond acceptors (Lipinski definition) is 0. The number of aromatic nitrogens is 1. The van der Waals surface area contributed by atoms with E-state index in [0.717, 1.165) is 0 Å². The molecule has 0 atom stereocenters. The van der Waals surface area contributed by atoms with Crippen LogP contribution in [0.3, 0.4) is 0 Å². The summed E-state index contributed by atoms with van der Waals surface area (Å²) < 4.78 is 2.31. The lowest BCUT2D eigenvalue weighted by atomic mass is 9.87. The van der Waals surface area contributed by atoms with Crippen LogP contribution in [0.15, 0.2) is 30.5 Å². The predicted octanol–water partition coefficient (Wildman–Crippen LogP) is 4.64. The molecule has 23 heavy (non-hydrogen) atoms. The summed E-state index contributed by atoms with van der Waals surface area (Å²) in [6.07, 6.45) is 2.36. The minimum atomic E-state index is -1.42. The molecule has 1 nitrogen and oxygen atoms in total. The van der Waals surface area contributed by atoms with E-state index in [-0.39, 0.29) is 5.41 Å². The molecule has 0 unspecified atom stereocenters. The molecule has 2 heteroatoms. The van der Waals surface area contributed by atoms with Gasteiger partial charge in [0, 0.05) is 17.2 Å². The van der Waals surface area contributed by atoms with Gasteiger partial charge in [-0.25, -0.2) is 4.57 Å². The first-order chi connectivity index (χ1) is 10.4. The van der Waals surface area contributed by atoms with Gasteiger partial charge >= 0.3 is 0 Å². The minimum Gasteiger partial charge on any atom is -0.201 e. The van der Waals surface area contributed by atoms with Crippen LogP contribution in [0.5, 0.6) is 0 Å². The van der Waals surface area contributed by atoms with Crippen molar-refractivity contribution in [1.29, 1.82) is 0 Å². The SMILES string of the molecule is Cc1ccc(-c2cc([Si](C)(C)C)c(C(C)(C)C)c[n+]2C)c(C)c1. The second-order valence-electron chi connectivity index (χ2n) is 8.92. The van der Waals surface area contributed by atoms with E-state index in [2.05, 4.69) is 96.3 Å². The van der Waals surface area contributed by atoms with E-state index < -0.39 is 8.07 Å². The molecule has 0 N–H and O–H groups in total. The quantitative estimate of drug-likeness (QED) is 0.559. The minimum absolute atomic E-state index is 0.175. The van der Waals surface area contributed by atoms with Gasteiger partial charge < -0.3 is 0 Å². The highest BCUT2D eigenvalue weighted by Crippen LogP contribution is 2.26. The van der Waals surface area contributed by atoms with E-state index in [1.54, 1.807) is 5.19 Å². The van der Waals surface area contributed by atoms with Crippen LogP contribution in [-0.2, 0) is 12.5 Å². The average molecular weight is 327 g/mol. The first kappa shape index (κ1) is 17.9. The maximum absolute atomic E-state index is 2.46. The van der Waals surface area contributed by atoms with Crippen LogP contribution in [0.25, 0.3) is 11.3 Å². The molecule has 0 aliphatic rings. The fraction of sp³-hybridized carbons (Fsp3) is 0.476. The van der Waals surface area contributed by atoms with Gasteiger partial charge in [-0.15, -0.1) is 0 Å². The summed E-state index contributed by atoms with van der Waals surface area (Å²) in [4.78, 5) is 0. The largest absolute Gasteiger partial charge is 0.212 e. The lowest BCUT2D eigenvalue weighted by molar-refractivity contribution is -0.660. The van der Waals surface area contributed by atoms with Gasteiger partial charge in [-0.05, 0) is 36.1 Å². The van der Waals surface area contributed by atoms with E-state index >= 15 is 0 Å².